The molecule has 0 radical (unpaired) electrons. The molecule has 0 aliphatic carbocycles. The summed E-state index contributed by atoms with van der Waals surface area (Å²) < 4.78 is 13.8. The standard InChI is InChI=1S/C14H18FN5/c1-8(2)14-18-11(7-12(19-14)20-16)17-13-9(3)5-4-6-10(13)15/h4-8H,16H2,1-3H3,(H2,17,18,19,20). The van der Waals surface area contributed by atoms with Crippen LogP contribution in [0.2, 0.25) is 0 Å². The van der Waals surface area contributed by atoms with Gasteiger partial charge in [-0.3, -0.25) is 0 Å². The van der Waals surface area contributed by atoms with Gasteiger partial charge in [-0.05, 0) is 18.6 Å². The highest BCUT2D eigenvalue weighted by molar-refractivity contribution is 5.63. The minimum absolute atomic E-state index is 0.144. The summed E-state index contributed by atoms with van der Waals surface area (Å²) in [4.78, 5) is 8.63. The normalized spacial score (nSPS) is 10.7. The van der Waals surface area contributed by atoms with Crippen molar-refractivity contribution in [2.75, 3.05) is 10.7 Å². The van der Waals surface area contributed by atoms with Gasteiger partial charge < -0.3 is 10.7 Å². The lowest BCUT2D eigenvalue weighted by Crippen LogP contribution is -2.12. The smallest absolute Gasteiger partial charge is 0.146 e. The Labute approximate surface area is 117 Å². The van der Waals surface area contributed by atoms with Gasteiger partial charge in [0, 0.05) is 12.0 Å². The number of para-hydroxylation sites is 1. The highest BCUT2D eigenvalue weighted by atomic mass is 19.1. The number of nitrogen functional groups attached to an aromatic ring is 1. The molecule has 0 saturated carbocycles. The molecule has 2 rings (SSSR count). The summed E-state index contributed by atoms with van der Waals surface area (Å²) in [6, 6.07) is 6.54. The van der Waals surface area contributed by atoms with Crippen LogP contribution >= 0.6 is 0 Å². The number of aryl methyl sites for hydroxylation is 1. The van der Waals surface area contributed by atoms with Gasteiger partial charge in [0.05, 0.1) is 5.69 Å². The van der Waals surface area contributed by atoms with Crippen LogP contribution in [0.25, 0.3) is 0 Å². The maximum atomic E-state index is 13.8. The molecule has 1 aromatic heterocycles. The zero-order valence-electron chi connectivity index (χ0n) is 11.7. The van der Waals surface area contributed by atoms with Gasteiger partial charge in [-0.2, -0.15) is 0 Å². The number of hydrazine groups is 1. The molecule has 0 aliphatic rings. The molecule has 6 heteroatoms. The summed E-state index contributed by atoms with van der Waals surface area (Å²) >= 11 is 0. The Morgan fingerprint density at radius 3 is 2.50 bits per heavy atom. The lowest BCUT2D eigenvalue weighted by atomic mass is 10.2. The van der Waals surface area contributed by atoms with Crippen LogP contribution in [0.3, 0.4) is 0 Å². The van der Waals surface area contributed by atoms with Crippen molar-refractivity contribution in [3.63, 3.8) is 0 Å². The van der Waals surface area contributed by atoms with Gasteiger partial charge in [0.25, 0.3) is 0 Å². The van der Waals surface area contributed by atoms with E-state index in [-0.39, 0.29) is 11.7 Å². The summed E-state index contributed by atoms with van der Waals surface area (Å²) in [5.74, 6) is 6.85. The molecule has 2 aromatic rings. The van der Waals surface area contributed by atoms with Gasteiger partial charge in [-0.15, -0.1) is 0 Å². The Balaban J connectivity index is 2.40. The van der Waals surface area contributed by atoms with E-state index in [1.807, 2.05) is 26.8 Å². The fourth-order valence-electron chi connectivity index (χ4n) is 1.78. The zero-order chi connectivity index (χ0) is 14.7. The Morgan fingerprint density at radius 1 is 1.20 bits per heavy atom. The molecule has 0 unspecified atom stereocenters. The molecule has 0 aliphatic heterocycles. The average Bonchev–Trinajstić information content (AvgIpc) is 2.42. The van der Waals surface area contributed by atoms with Crippen LogP contribution in [0.1, 0.15) is 31.2 Å². The number of nitrogens with zero attached hydrogens (tertiary/aromatic N) is 2. The van der Waals surface area contributed by atoms with Crippen molar-refractivity contribution in [3.8, 4) is 0 Å². The fraction of sp³-hybridized carbons (Fsp3) is 0.286. The van der Waals surface area contributed by atoms with Crippen molar-refractivity contribution < 1.29 is 4.39 Å². The molecule has 20 heavy (non-hydrogen) atoms. The molecular formula is C14H18FN5. The lowest BCUT2D eigenvalue weighted by molar-refractivity contribution is 0.630. The van der Waals surface area contributed by atoms with E-state index in [1.165, 1.54) is 6.07 Å². The second-order valence-electron chi connectivity index (χ2n) is 4.85. The van der Waals surface area contributed by atoms with E-state index in [0.717, 1.165) is 5.56 Å². The first kappa shape index (κ1) is 14.2. The number of rotatable bonds is 4. The van der Waals surface area contributed by atoms with Crippen LogP contribution in [-0.2, 0) is 0 Å². The molecule has 0 bridgehead atoms. The monoisotopic (exact) mass is 275 g/mol. The summed E-state index contributed by atoms with van der Waals surface area (Å²) in [6.07, 6.45) is 0. The molecular weight excluding hydrogens is 257 g/mol. The first-order valence-electron chi connectivity index (χ1n) is 6.39. The van der Waals surface area contributed by atoms with Crippen molar-refractivity contribution in [2.24, 2.45) is 5.84 Å². The highest BCUT2D eigenvalue weighted by Gasteiger charge is 2.10. The van der Waals surface area contributed by atoms with Gasteiger partial charge in [-0.1, -0.05) is 26.0 Å². The second-order valence-corrected chi connectivity index (χ2v) is 4.85. The van der Waals surface area contributed by atoms with Crippen molar-refractivity contribution in [2.45, 2.75) is 26.7 Å². The van der Waals surface area contributed by atoms with Gasteiger partial charge >= 0.3 is 0 Å². The van der Waals surface area contributed by atoms with E-state index in [9.17, 15) is 4.39 Å². The summed E-state index contributed by atoms with van der Waals surface area (Å²) in [5.41, 5.74) is 3.70. The molecule has 0 saturated heterocycles. The minimum Gasteiger partial charge on any atom is -0.337 e. The third-order valence-corrected chi connectivity index (χ3v) is 2.88. The quantitative estimate of drug-likeness (QED) is 0.590. The number of nitrogens with two attached hydrogens (primary N) is 1. The van der Waals surface area contributed by atoms with E-state index in [2.05, 4.69) is 20.7 Å². The number of hydrogen-bond donors (Lipinski definition) is 3. The van der Waals surface area contributed by atoms with Crippen LogP contribution in [0.5, 0.6) is 0 Å². The van der Waals surface area contributed by atoms with Gasteiger partial charge in [0.2, 0.25) is 0 Å². The Morgan fingerprint density at radius 2 is 1.90 bits per heavy atom. The van der Waals surface area contributed by atoms with Crippen LogP contribution in [0.4, 0.5) is 21.7 Å². The number of hydrogen-bond acceptors (Lipinski definition) is 5. The van der Waals surface area contributed by atoms with Crippen LogP contribution in [0, 0.1) is 12.7 Å². The van der Waals surface area contributed by atoms with E-state index >= 15 is 0 Å². The molecule has 0 amide bonds. The number of aromatic nitrogens is 2. The molecule has 1 aromatic carbocycles. The third-order valence-electron chi connectivity index (χ3n) is 2.88. The van der Waals surface area contributed by atoms with Gasteiger partial charge in [0.1, 0.15) is 23.3 Å². The van der Waals surface area contributed by atoms with E-state index in [4.69, 9.17) is 5.84 Å². The summed E-state index contributed by atoms with van der Waals surface area (Å²) in [7, 11) is 0. The van der Waals surface area contributed by atoms with Crippen molar-refractivity contribution >= 4 is 17.3 Å². The number of benzene rings is 1. The first-order chi connectivity index (χ1) is 9.51. The van der Waals surface area contributed by atoms with Crippen LogP contribution in [-0.4, -0.2) is 9.97 Å². The van der Waals surface area contributed by atoms with Crippen molar-refractivity contribution in [3.05, 3.63) is 41.5 Å². The summed E-state index contributed by atoms with van der Waals surface area (Å²) in [6.45, 7) is 5.79. The van der Waals surface area contributed by atoms with Crippen LogP contribution in [0.15, 0.2) is 24.3 Å². The molecule has 0 atom stereocenters. The molecule has 0 fully saturated rings. The predicted octanol–water partition coefficient (Wildman–Crippen LogP) is 3.08. The van der Waals surface area contributed by atoms with Crippen molar-refractivity contribution in [1.82, 2.24) is 9.97 Å². The fourth-order valence-corrected chi connectivity index (χ4v) is 1.78. The molecule has 1 heterocycles. The maximum Gasteiger partial charge on any atom is 0.146 e. The third kappa shape index (κ3) is 3.03. The van der Waals surface area contributed by atoms with Gasteiger partial charge in [0.15, 0.2) is 0 Å². The van der Waals surface area contributed by atoms with Crippen LogP contribution < -0.4 is 16.6 Å². The van der Waals surface area contributed by atoms with E-state index in [0.29, 0.717) is 23.1 Å². The zero-order valence-corrected chi connectivity index (χ0v) is 11.7. The lowest BCUT2D eigenvalue weighted by Gasteiger charge is -2.13. The first-order valence-corrected chi connectivity index (χ1v) is 6.39. The topological polar surface area (TPSA) is 75.9 Å². The SMILES string of the molecule is Cc1cccc(F)c1Nc1cc(NN)nc(C(C)C)n1. The predicted molar refractivity (Wildman–Crippen MR) is 78.4 cm³/mol. The maximum absolute atomic E-state index is 13.8. The van der Waals surface area contributed by atoms with E-state index < -0.39 is 0 Å². The number of nitrogens with one attached hydrogen (secondary N) is 2. The largest absolute Gasteiger partial charge is 0.337 e. The Kier molecular flexibility index (Phi) is 4.14. The molecule has 106 valence electrons. The number of anilines is 3. The average molecular weight is 275 g/mol. The Bertz CT molecular complexity index is 592. The van der Waals surface area contributed by atoms with Crippen molar-refractivity contribution in [1.29, 1.82) is 0 Å². The molecule has 0 spiro atoms. The van der Waals surface area contributed by atoms with Gasteiger partial charge in [-0.25, -0.2) is 20.2 Å². The summed E-state index contributed by atoms with van der Waals surface area (Å²) in [5, 5.41) is 2.99. The molecule has 4 N–H and O–H groups in total. The number of halogens is 1. The highest BCUT2D eigenvalue weighted by Crippen LogP contribution is 2.24. The molecule has 5 nitrogen and oxygen atoms in total. The second kappa shape index (κ2) is 5.83. The van der Waals surface area contributed by atoms with E-state index in [1.54, 1.807) is 12.1 Å². The minimum atomic E-state index is -0.322. The Hall–Kier alpha value is -2.21.